The van der Waals surface area contributed by atoms with Gasteiger partial charge in [0.2, 0.25) is 0 Å². The van der Waals surface area contributed by atoms with Crippen LogP contribution in [-0.2, 0) is 12.4 Å². The summed E-state index contributed by atoms with van der Waals surface area (Å²) in [6, 6.07) is 11.6. The zero-order chi connectivity index (χ0) is 24.8. The first-order valence-corrected chi connectivity index (χ1v) is 13.2. The van der Waals surface area contributed by atoms with Crippen LogP contribution in [0.15, 0.2) is 48.5 Å². The minimum atomic E-state index is -4.92. The number of aromatic hydroxyl groups is 1. The molecule has 0 aliphatic carbocycles. The van der Waals surface area contributed by atoms with Gasteiger partial charge in [-0.25, -0.2) is 0 Å². The zero-order valence-electron chi connectivity index (χ0n) is 18.8. The maximum Gasteiger partial charge on any atom is 0.416 e. The van der Waals surface area contributed by atoms with Gasteiger partial charge in [-0.2, -0.15) is 26.3 Å². The number of phenolic OH excluding ortho intramolecular Hbond substituents is 1. The van der Waals surface area contributed by atoms with E-state index in [4.69, 9.17) is 0 Å². The Morgan fingerprint density at radius 1 is 0.818 bits per heavy atom. The quantitative estimate of drug-likeness (QED) is 0.297. The molecule has 0 heterocycles. The van der Waals surface area contributed by atoms with E-state index >= 15 is 0 Å². The number of hydrogen-bond donors (Lipinski definition) is 1. The second kappa shape index (κ2) is 8.70. The van der Waals surface area contributed by atoms with Crippen LogP contribution in [-0.4, -0.2) is 13.2 Å². The van der Waals surface area contributed by atoms with E-state index in [-0.39, 0.29) is 22.9 Å². The maximum atomic E-state index is 13.6. The molecule has 3 rings (SSSR count). The van der Waals surface area contributed by atoms with Crippen LogP contribution in [0.4, 0.5) is 26.3 Å². The molecule has 1 nitrogen and oxygen atoms in total. The molecule has 3 aromatic rings. The first-order valence-electron chi connectivity index (χ1n) is 10.8. The van der Waals surface area contributed by atoms with Gasteiger partial charge in [0.05, 0.1) is 11.1 Å². The highest BCUT2D eigenvalue weighted by Gasteiger charge is 2.43. The molecule has 0 radical (unpaired) electrons. The molecule has 33 heavy (non-hydrogen) atoms. The summed E-state index contributed by atoms with van der Waals surface area (Å²) in [7, 11) is -3.21. The highest BCUT2D eigenvalue weighted by atomic mass is 28.3. The molecule has 0 aromatic heterocycles. The van der Waals surface area contributed by atoms with E-state index in [0.717, 1.165) is 22.9 Å². The van der Waals surface area contributed by atoms with Crippen LogP contribution in [0, 0.1) is 0 Å². The van der Waals surface area contributed by atoms with Gasteiger partial charge in [-0.3, -0.25) is 0 Å². The van der Waals surface area contributed by atoms with Crippen LogP contribution < -0.4 is 10.4 Å². The van der Waals surface area contributed by atoms with Crippen molar-refractivity contribution in [3.05, 3.63) is 65.2 Å². The van der Waals surface area contributed by atoms with Gasteiger partial charge in [0.15, 0.2) is 0 Å². The first-order chi connectivity index (χ1) is 15.3. The Kier molecular flexibility index (Phi) is 6.63. The smallest absolute Gasteiger partial charge is 0.416 e. The van der Waals surface area contributed by atoms with E-state index in [9.17, 15) is 31.4 Å². The van der Waals surface area contributed by atoms with Gasteiger partial charge in [-0.15, -0.1) is 0 Å². The number of alkyl halides is 6. The van der Waals surface area contributed by atoms with E-state index in [1.54, 1.807) is 19.9 Å². The van der Waals surface area contributed by atoms with Crippen molar-refractivity contribution in [3.63, 3.8) is 0 Å². The predicted molar refractivity (Wildman–Crippen MR) is 122 cm³/mol. The molecule has 0 atom stereocenters. The topological polar surface area (TPSA) is 20.2 Å². The van der Waals surface area contributed by atoms with Crippen molar-refractivity contribution < 1.29 is 31.4 Å². The van der Waals surface area contributed by atoms with Crippen LogP contribution in [0.25, 0.3) is 10.8 Å². The predicted octanol–water partition coefficient (Wildman–Crippen LogP) is 7.31. The largest absolute Gasteiger partial charge is 0.508 e. The van der Waals surface area contributed by atoms with E-state index < -0.39 is 31.6 Å². The molecule has 3 aromatic carbocycles. The number of hydrogen-bond acceptors (Lipinski definition) is 1. The number of halogens is 6. The lowest BCUT2D eigenvalue weighted by atomic mass is 9.95. The molecule has 0 aliphatic rings. The minimum Gasteiger partial charge on any atom is -0.508 e. The molecular weight excluding hydrogens is 458 g/mol. The van der Waals surface area contributed by atoms with E-state index in [1.807, 2.05) is 38.1 Å². The third kappa shape index (κ3) is 4.49. The highest BCUT2D eigenvalue weighted by Crippen LogP contribution is 2.38. The van der Waals surface area contributed by atoms with Crippen molar-refractivity contribution in [1.29, 1.82) is 0 Å². The van der Waals surface area contributed by atoms with Crippen LogP contribution in [0.3, 0.4) is 0 Å². The summed E-state index contributed by atoms with van der Waals surface area (Å²) in [5.74, 6) is -0.118. The van der Waals surface area contributed by atoms with Crippen molar-refractivity contribution >= 4 is 29.2 Å². The fourth-order valence-corrected chi connectivity index (χ4v) is 9.01. The lowest BCUT2D eigenvalue weighted by molar-refractivity contribution is -0.142. The van der Waals surface area contributed by atoms with Gasteiger partial charge in [0.25, 0.3) is 0 Å². The lowest BCUT2D eigenvalue weighted by Crippen LogP contribution is -2.58. The summed E-state index contributed by atoms with van der Waals surface area (Å²) in [6.07, 6.45) is -9.85. The normalized spacial score (nSPS) is 13.2. The summed E-state index contributed by atoms with van der Waals surface area (Å²) >= 11 is 0. The zero-order valence-corrected chi connectivity index (χ0v) is 19.8. The second-order valence-electron chi connectivity index (χ2n) is 8.65. The van der Waals surface area contributed by atoms with Gasteiger partial charge < -0.3 is 5.11 Å². The Morgan fingerprint density at radius 3 is 1.79 bits per heavy atom. The molecule has 0 aliphatic heterocycles. The fraction of sp³-hybridized carbons (Fsp3) is 0.360. The average molecular weight is 485 g/mol. The van der Waals surface area contributed by atoms with Crippen molar-refractivity contribution in [3.8, 4) is 5.75 Å². The SMILES string of the molecule is CC[Si](CC)(c1cc(C(F)(F)F)cc(C(F)(F)F)c1)c1cc2ccccc2c(C(C)C)c1O. The summed E-state index contributed by atoms with van der Waals surface area (Å²) in [5.41, 5.74) is -1.99. The van der Waals surface area contributed by atoms with E-state index in [2.05, 4.69) is 0 Å². The molecule has 0 spiro atoms. The van der Waals surface area contributed by atoms with Gasteiger partial charge in [-0.05, 0) is 27.9 Å². The third-order valence-electron chi connectivity index (χ3n) is 6.50. The Balaban J connectivity index is 2.44. The molecule has 0 amide bonds. The summed E-state index contributed by atoms with van der Waals surface area (Å²) in [4.78, 5) is 0. The molecular formula is C25H26F6OSi. The van der Waals surface area contributed by atoms with Crippen LogP contribution in [0.2, 0.25) is 12.1 Å². The second-order valence-corrected chi connectivity index (χ2v) is 13.3. The molecule has 0 fully saturated rings. The molecule has 0 bridgehead atoms. The maximum absolute atomic E-state index is 13.6. The van der Waals surface area contributed by atoms with Gasteiger partial charge >= 0.3 is 12.4 Å². The minimum absolute atomic E-state index is 0.0231. The van der Waals surface area contributed by atoms with E-state index in [1.165, 1.54) is 0 Å². The molecule has 1 N–H and O–H groups in total. The van der Waals surface area contributed by atoms with Crippen LogP contribution in [0.1, 0.15) is 50.3 Å². The summed E-state index contributed by atoms with van der Waals surface area (Å²) in [5, 5.41) is 13.5. The van der Waals surface area contributed by atoms with Crippen molar-refractivity contribution in [2.45, 2.75) is 58.1 Å². The Bertz CT molecular complexity index is 1130. The summed E-state index contributed by atoms with van der Waals surface area (Å²) < 4.78 is 81.5. The van der Waals surface area contributed by atoms with E-state index in [0.29, 0.717) is 22.8 Å². The van der Waals surface area contributed by atoms with Gasteiger partial charge in [0, 0.05) is 5.56 Å². The monoisotopic (exact) mass is 484 g/mol. The summed E-state index contributed by atoms with van der Waals surface area (Å²) in [6.45, 7) is 7.34. The average Bonchev–Trinajstić information content (AvgIpc) is 2.73. The number of benzene rings is 3. The Hall–Kier alpha value is -2.48. The van der Waals surface area contributed by atoms with Crippen LogP contribution in [0.5, 0.6) is 5.75 Å². The number of rotatable bonds is 5. The Labute approximate surface area is 190 Å². The third-order valence-corrected chi connectivity index (χ3v) is 11.7. The molecule has 0 saturated carbocycles. The van der Waals surface area contributed by atoms with Crippen LogP contribution >= 0.6 is 0 Å². The van der Waals surface area contributed by atoms with Crippen molar-refractivity contribution in [2.24, 2.45) is 0 Å². The molecule has 0 unspecified atom stereocenters. The molecule has 0 saturated heterocycles. The van der Waals surface area contributed by atoms with Gasteiger partial charge in [0.1, 0.15) is 13.8 Å². The molecule has 8 heteroatoms. The fourth-order valence-electron chi connectivity index (χ4n) is 4.74. The van der Waals surface area contributed by atoms with Gasteiger partial charge in [-0.1, -0.05) is 87.4 Å². The lowest BCUT2D eigenvalue weighted by Gasteiger charge is -2.34. The number of phenols is 1. The number of fused-ring (bicyclic) bond motifs is 1. The Morgan fingerprint density at radius 2 is 1.33 bits per heavy atom. The van der Waals surface area contributed by atoms with Crippen molar-refractivity contribution in [1.82, 2.24) is 0 Å². The first kappa shape index (κ1) is 25.1. The molecule has 178 valence electrons. The van der Waals surface area contributed by atoms with Crippen molar-refractivity contribution in [2.75, 3.05) is 0 Å². The standard InChI is InChI=1S/C25H26F6OSi/c1-5-33(6-2,19-13-17(24(26,27)28)12-18(14-19)25(29,30)31)21-11-16-9-7-8-10-20(16)22(15(3)4)23(21)32/h7-15,32H,5-6H2,1-4H3. The highest BCUT2D eigenvalue weighted by molar-refractivity contribution is 7.02.